The number of anilines is 2. The lowest BCUT2D eigenvalue weighted by molar-refractivity contribution is 0.472. The van der Waals surface area contributed by atoms with Crippen LogP contribution in [0.3, 0.4) is 0 Å². The molecule has 4 N–H and O–H groups in total. The third-order valence-corrected chi connectivity index (χ3v) is 5.69. The maximum absolute atomic E-state index is 9.43. The Bertz CT molecular complexity index is 1370. The molecule has 1 fully saturated rings. The van der Waals surface area contributed by atoms with Crippen LogP contribution in [0, 0.1) is 11.3 Å². The number of benzene rings is 1. The summed E-state index contributed by atoms with van der Waals surface area (Å²) < 4.78 is 5.89. The molecular formula is C24H23N9O. The van der Waals surface area contributed by atoms with E-state index in [1.54, 1.807) is 18.5 Å². The lowest BCUT2D eigenvalue weighted by atomic mass is 9.90. The number of pyridine rings is 1. The molecule has 0 radical (unpaired) electrons. The van der Waals surface area contributed by atoms with Crippen molar-refractivity contribution in [2.24, 2.45) is 0 Å². The van der Waals surface area contributed by atoms with Gasteiger partial charge in [0.15, 0.2) is 11.5 Å². The molecular weight excluding hydrogens is 430 g/mol. The summed E-state index contributed by atoms with van der Waals surface area (Å²) >= 11 is 0. The molecule has 0 unspecified atom stereocenters. The SMILES string of the molecule is CC(C)(C#N)c1cc(-c2cnc(N)c(-c3nnc(-c4ccc(NC5CNC5)cc4)o3)n2)ccn1. The first-order valence-corrected chi connectivity index (χ1v) is 10.9. The summed E-state index contributed by atoms with van der Waals surface area (Å²) in [6.45, 7) is 5.55. The number of nitriles is 1. The number of nitrogens with one attached hydrogen (secondary N) is 2. The summed E-state index contributed by atoms with van der Waals surface area (Å²) in [4.78, 5) is 13.2. The molecule has 34 heavy (non-hydrogen) atoms. The molecule has 4 aromatic rings. The topological polar surface area (TPSA) is 151 Å². The van der Waals surface area contributed by atoms with Crippen LogP contribution in [0.15, 0.2) is 53.2 Å². The molecule has 0 bridgehead atoms. The maximum atomic E-state index is 9.43. The van der Waals surface area contributed by atoms with Crippen LogP contribution in [0.2, 0.25) is 0 Å². The Morgan fingerprint density at radius 3 is 2.56 bits per heavy atom. The zero-order valence-corrected chi connectivity index (χ0v) is 18.8. The van der Waals surface area contributed by atoms with Crippen LogP contribution >= 0.6 is 0 Å². The lowest BCUT2D eigenvalue weighted by Gasteiger charge is -2.28. The Morgan fingerprint density at radius 1 is 1.09 bits per heavy atom. The van der Waals surface area contributed by atoms with Gasteiger partial charge in [-0.25, -0.2) is 9.97 Å². The fourth-order valence-corrected chi connectivity index (χ4v) is 3.45. The van der Waals surface area contributed by atoms with E-state index >= 15 is 0 Å². The normalized spacial score (nSPS) is 13.8. The number of aromatic nitrogens is 5. The first kappa shape index (κ1) is 21.5. The van der Waals surface area contributed by atoms with E-state index in [9.17, 15) is 5.26 Å². The van der Waals surface area contributed by atoms with Crippen molar-refractivity contribution >= 4 is 11.5 Å². The number of nitrogens with two attached hydrogens (primary N) is 1. The van der Waals surface area contributed by atoms with E-state index in [1.807, 2.05) is 44.2 Å². The molecule has 1 aromatic carbocycles. The van der Waals surface area contributed by atoms with Crippen LogP contribution in [-0.2, 0) is 5.41 Å². The first-order chi connectivity index (χ1) is 16.4. The lowest BCUT2D eigenvalue weighted by Crippen LogP contribution is -2.51. The number of nitrogens with zero attached hydrogens (tertiary/aromatic N) is 6. The van der Waals surface area contributed by atoms with Gasteiger partial charge in [-0.15, -0.1) is 10.2 Å². The number of hydrogen-bond donors (Lipinski definition) is 3. The second-order valence-electron chi connectivity index (χ2n) is 8.64. The minimum absolute atomic E-state index is 0.177. The molecule has 1 aliphatic rings. The van der Waals surface area contributed by atoms with Crippen LogP contribution in [0.5, 0.6) is 0 Å². The van der Waals surface area contributed by atoms with E-state index in [-0.39, 0.29) is 11.7 Å². The van der Waals surface area contributed by atoms with Crippen LogP contribution in [0.4, 0.5) is 11.5 Å². The van der Waals surface area contributed by atoms with Crippen molar-refractivity contribution in [1.29, 1.82) is 5.26 Å². The number of nitrogen functional groups attached to an aromatic ring is 1. The Labute approximate surface area is 196 Å². The Kier molecular flexibility index (Phi) is 5.39. The van der Waals surface area contributed by atoms with E-state index in [0.717, 1.165) is 29.9 Å². The van der Waals surface area contributed by atoms with Crippen molar-refractivity contribution in [2.45, 2.75) is 25.3 Å². The van der Waals surface area contributed by atoms with Crippen molar-refractivity contribution < 1.29 is 4.42 Å². The highest BCUT2D eigenvalue weighted by atomic mass is 16.4. The summed E-state index contributed by atoms with van der Waals surface area (Å²) in [6.07, 6.45) is 3.21. The second-order valence-corrected chi connectivity index (χ2v) is 8.64. The van der Waals surface area contributed by atoms with E-state index in [2.05, 4.69) is 41.9 Å². The molecule has 10 heteroatoms. The summed E-state index contributed by atoms with van der Waals surface area (Å²) in [5, 5.41) is 24.4. The van der Waals surface area contributed by atoms with Gasteiger partial charge in [0.25, 0.3) is 5.89 Å². The highest BCUT2D eigenvalue weighted by molar-refractivity contribution is 5.69. The smallest absolute Gasteiger partial charge is 0.270 e. The average molecular weight is 454 g/mol. The van der Waals surface area contributed by atoms with Crippen molar-refractivity contribution in [1.82, 2.24) is 30.5 Å². The third-order valence-electron chi connectivity index (χ3n) is 5.69. The van der Waals surface area contributed by atoms with E-state index < -0.39 is 5.41 Å². The minimum Gasteiger partial charge on any atom is -0.414 e. The van der Waals surface area contributed by atoms with Gasteiger partial charge in [0.1, 0.15) is 0 Å². The molecule has 0 spiro atoms. The highest BCUT2D eigenvalue weighted by Gasteiger charge is 2.23. The quantitative estimate of drug-likeness (QED) is 0.397. The van der Waals surface area contributed by atoms with Gasteiger partial charge in [-0.05, 0) is 50.2 Å². The van der Waals surface area contributed by atoms with Crippen molar-refractivity contribution in [3.05, 3.63) is 54.5 Å². The molecule has 1 aliphatic heterocycles. The zero-order valence-electron chi connectivity index (χ0n) is 18.8. The molecule has 3 aromatic heterocycles. The molecule has 10 nitrogen and oxygen atoms in total. The highest BCUT2D eigenvalue weighted by Crippen LogP contribution is 2.30. The second kappa shape index (κ2) is 8.53. The van der Waals surface area contributed by atoms with Crippen molar-refractivity contribution in [2.75, 3.05) is 24.1 Å². The Hall–Kier alpha value is -4.36. The van der Waals surface area contributed by atoms with Crippen LogP contribution in [-0.4, -0.2) is 44.3 Å². The first-order valence-electron chi connectivity index (χ1n) is 10.9. The van der Waals surface area contributed by atoms with Gasteiger partial charge in [0, 0.05) is 36.1 Å². The van der Waals surface area contributed by atoms with Crippen LogP contribution in [0.25, 0.3) is 34.3 Å². The molecule has 1 saturated heterocycles. The zero-order chi connectivity index (χ0) is 23.7. The molecule has 0 atom stereocenters. The standard InChI is InChI=1S/C24H23N9O/c1-24(2,13-25)19-9-15(7-8-28-19)18-12-29-21(26)20(31-18)23-33-32-22(34-23)14-3-5-16(6-4-14)30-17-10-27-11-17/h3-9,12,17,27,30H,10-11H2,1-2H3,(H2,26,29). The molecule has 170 valence electrons. The summed E-state index contributed by atoms with van der Waals surface area (Å²) in [5.74, 6) is 0.718. The minimum atomic E-state index is -0.735. The maximum Gasteiger partial charge on any atom is 0.270 e. The largest absolute Gasteiger partial charge is 0.414 e. The molecule has 0 saturated carbocycles. The average Bonchev–Trinajstić information content (AvgIpc) is 3.32. The van der Waals surface area contributed by atoms with Gasteiger partial charge in [-0.3, -0.25) is 4.98 Å². The molecule has 4 heterocycles. The van der Waals surface area contributed by atoms with Crippen molar-refractivity contribution in [3.8, 4) is 40.4 Å². The summed E-state index contributed by atoms with van der Waals surface area (Å²) in [6, 6.07) is 14.1. The van der Waals surface area contributed by atoms with Gasteiger partial charge in [0.05, 0.1) is 35.1 Å². The van der Waals surface area contributed by atoms with Crippen LogP contribution in [0.1, 0.15) is 19.5 Å². The number of hydrogen-bond acceptors (Lipinski definition) is 10. The van der Waals surface area contributed by atoms with Gasteiger partial charge in [-0.1, -0.05) is 0 Å². The van der Waals surface area contributed by atoms with Gasteiger partial charge >= 0.3 is 0 Å². The van der Waals surface area contributed by atoms with E-state index in [4.69, 9.17) is 10.2 Å². The van der Waals surface area contributed by atoms with E-state index in [1.165, 1.54) is 0 Å². The predicted octanol–water partition coefficient (Wildman–Crippen LogP) is 3.02. The monoisotopic (exact) mass is 453 g/mol. The fraction of sp³-hybridized carbons (Fsp3) is 0.250. The summed E-state index contributed by atoms with van der Waals surface area (Å²) in [5.41, 5.74) is 9.42. The van der Waals surface area contributed by atoms with Gasteiger partial charge in [-0.2, -0.15) is 5.26 Å². The summed E-state index contributed by atoms with van der Waals surface area (Å²) in [7, 11) is 0. The fourth-order valence-electron chi connectivity index (χ4n) is 3.45. The van der Waals surface area contributed by atoms with Crippen LogP contribution < -0.4 is 16.4 Å². The molecule has 0 aliphatic carbocycles. The van der Waals surface area contributed by atoms with Gasteiger partial charge in [0.2, 0.25) is 5.89 Å². The van der Waals surface area contributed by atoms with Crippen molar-refractivity contribution in [3.63, 3.8) is 0 Å². The predicted molar refractivity (Wildman–Crippen MR) is 127 cm³/mol. The molecule has 0 amide bonds. The third kappa shape index (κ3) is 4.16. The Balaban J connectivity index is 1.42. The molecule has 5 rings (SSSR count). The van der Waals surface area contributed by atoms with Gasteiger partial charge < -0.3 is 20.8 Å². The Morgan fingerprint density at radius 2 is 1.85 bits per heavy atom. The van der Waals surface area contributed by atoms with E-state index in [0.29, 0.717) is 29.0 Å². The number of rotatable bonds is 6.